The fourth-order valence-corrected chi connectivity index (χ4v) is 1.73. The molecule has 0 fully saturated rings. The summed E-state index contributed by atoms with van der Waals surface area (Å²) in [4.78, 5) is 14.7. The molecule has 0 aliphatic heterocycles. The summed E-state index contributed by atoms with van der Waals surface area (Å²) in [6.45, 7) is 1.78. The number of thiol groups is 1. The number of nitrogens with zero attached hydrogens (tertiary/aromatic N) is 1. The SMILES string of the molecule is CN(C)CCCCNC(=O)c1cccc(S)c1. The Kier molecular flexibility index (Phi) is 6.08. The van der Waals surface area contributed by atoms with Gasteiger partial charge in [-0.15, -0.1) is 12.6 Å². The van der Waals surface area contributed by atoms with Crippen LogP contribution in [0.4, 0.5) is 0 Å². The van der Waals surface area contributed by atoms with Crippen LogP contribution in [0.25, 0.3) is 0 Å². The summed E-state index contributed by atoms with van der Waals surface area (Å²) >= 11 is 4.21. The van der Waals surface area contributed by atoms with Gasteiger partial charge in [-0.05, 0) is 51.7 Å². The number of rotatable bonds is 6. The molecule has 0 saturated carbocycles. The minimum atomic E-state index is -0.0225. The number of nitrogens with one attached hydrogen (secondary N) is 1. The van der Waals surface area contributed by atoms with Crippen LogP contribution in [0, 0.1) is 0 Å². The van der Waals surface area contributed by atoms with E-state index in [2.05, 4.69) is 36.9 Å². The Labute approximate surface area is 109 Å². The Balaban J connectivity index is 2.26. The van der Waals surface area contributed by atoms with Crippen molar-refractivity contribution in [1.29, 1.82) is 0 Å². The Morgan fingerprint density at radius 1 is 1.35 bits per heavy atom. The van der Waals surface area contributed by atoms with Crippen molar-refractivity contribution in [3.63, 3.8) is 0 Å². The maximum atomic E-state index is 11.7. The van der Waals surface area contributed by atoms with Crippen molar-refractivity contribution in [1.82, 2.24) is 10.2 Å². The largest absolute Gasteiger partial charge is 0.352 e. The monoisotopic (exact) mass is 252 g/mol. The average Bonchev–Trinajstić information content (AvgIpc) is 2.28. The first-order valence-corrected chi connectivity index (χ1v) is 6.26. The van der Waals surface area contributed by atoms with Crippen LogP contribution < -0.4 is 5.32 Å². The van der Waals surface area contributed by atoms with E-state index in [1.807, 2.05) is 12.1 Å². The van der Waals surface area contributed by atoms with E-state index in [9.17, 15) is 4.79 Å². The van der Waals surface area contributed by atoms with Gasteiger partial charge in [0.05, 0.1) is 0 Å². The molecule has 3 nitrogen and oxygen atoms in total. The Hall–Kier alpha value is -1.00. The average molecular weight is 252 g/mol. The lowest BCUT2D eigenvalue weighted by Gasteiger charge is -2.09. The molecule has 1 amide bonds. The molecule has 1 N–H and O–H groups in total. The lowest BCUT2D eigenvalue weighted by molar-refractivity contribution is 0.0952. The van der Waals surface area contributed by atoms with Gasteiger partial charge in [0.1, 0.15) is 0 Å². The Morgan fingerprint density at radius 3 is 2.76 bits per heavy atom. The second kappa shape index (κ2) is 7.35. The molecular weight excluding hydrogens is 232 g/mol. The number of unbranched alkanes of at least 4 members (excludes halogenated alkanes) is 1. The lowest BCUT2D eigenvalue weighted by atomic mass is 10.2. The van der Waals surface area contributed by atoms with Crippen molar-refractivity contribution in [3.05, 3.63) is 29.8 Å². The topological polar surface area (TPSA) is 32.3 Å². The summed E-state index contributed by atoms with van der Waals surface area (Å²) in [5, 5.41) is 2.91. The minimum absolute atomic E-state index is 0.0225. The lowest BCUT2D eigenvalue weighted by Crippen LogP contribution is -2.25. The van der Waals surface area contributed by atoms with Crippen molar-refractivity contribution < 1.29 is 4.79 Å². The van der Waals surface area contributed by atoms with Crippen LogP contribution in [0.15, 0.2) is 29.2 Å². The van der Waals surface area contributed by atoms with E-state index < -0.39 is 0 Å². The molecule has 1 rings (SSSR count). The molecule has 4 heteroatoms. The van der Waals surface area contributed by atoms with Gasteiger partial charge in [-0.3, -0.25) is 4.79 Å². The highest BCUT2D eigenvalue weighted by molar-refractivity contribution is 7.80. The van der Waals surface area contributed by atoms with Crippen LogP contribution in [0.2, 0.25) is 0 Å². The van der Waals surface area contributed by atoms with Gasteiger partial charge in [-0.1, -0.05) is 6.07 Å². The van der Waals surface area contributed by atoms with Crippen LogP contribution in [0.3, 0.4) is 0 Å². The number of benzene rings is 1. The molecule has 0 aromatic heterocycles. The van der Waals surface area contributed by atoms with E-state index in [0.29, 0.717) is 5.56 Å². The Bertz CT molecular complexity index is 366. The zero-order valence-electron chi connectivity index (χ0n) is 10.4. The summed E-state index contributed by atoms with van der Waals surface area (Å²) in [5.74, 6) is -0.0225. The highest BCUT2D eigenvalue weighted by atomic mass is 32.1. The fourth-order valence-electron chi connectivity index (χ4n) is 1.50. The highest BCUT2D eigenvalue weighted by Crippen LogP contribution is 2.08. The highest BCUT2D eigenvalue weighted by Gasteiger charge is 2.04. The summed E-state index contributed by atoms with van der Waals surface area (Å²) in [5.41, 5.74) is 0.671. The third kappa shape index (κ3) is 5.75. The van der Waals surface area contributed by atoms with E-state index >= 15 is 0 Å². The third-order valence-electron chi connectivity index (χ3n) is 2.43. The fraction of sp³-hybridized carbons (Fsp3) is 0.462. The molecule has 0 unspecified atom stereocenters. The van der Waals surface area contributed by atoms with E-state index in [4.69, 9.17) is 0 Å². The molecule has 1 aromatic carbocycles. The first kappa shape index (κ1) is 14.1. The van der Waals surface area contributed by atoms with Gasteiger partial charge >= 0.3 is 0 Å². The number of carbonyl (C=O) groups excluding carboxylic acids is 1. The van der Waals surface area contributed by atoms with E-state index in [0.717, 1.165) is 30.8 Å². The zero-order valence-corrected chi connectivity index (χ0v) is 11.3. The molecule has 0 aliphatic carbocycles. The van der Waals surface area contributed by atoms with E-state index in [-0.39, 0.29) is 5.91 Å². The number of amides is 1. The predicted molar refractivity (Wildman–Crippen MR) is 73.8 cm³/mol. The molecule has 0 spiro atoms. The molecule has 0 saturated heterocycles. The quantitative estimate of drug-likeness (QED) is 0.600. The van der Waals surface area contributed by atoms with Crippen LogP contribution in [-0.2, 0) is 0 Å². The summed E-state index contributed by atoms with van der Waals surface area (Å²) in [6, 6.07) is 7.27. The van der Waals surface area contributed by atoms with Crippen molar-refractivity contribution in [2.24, 2.45) is 0 Å². The summed E-state index contributed by atoms with van der Waals surface area (Å²) < 4.78 is 0. The van der Waals surface area contributed by atoms with Crippen LogP contribution in [0.5, 0.6) is 0 Å². The molecule has 17 heavy (non-hydrogen) atoms. The van der Waals surface area contributed by atoms with Crippen LogP contribution in [-0.4, -0.2) is 38.0 Å². The first-order chi connectivity index (χ1) is 8.09. The summed E-state index contributed by atoms with van der Waals surface area (Å²) in [6.07, 6.45) is 2.10. The van der Waals surface area contributed by atoms with Crippen molar-refractivity contribution >= 4 is 18.5 Å². The molecule has 0 aliphatic rings. The maximum Gasteiger partial charge on any atom is 0.251 e. The molecule has 0 bridgehead atoms. The van der Waals surface area contributed by atoms with Gasteiger partial charge in [0, 0.05) is 17.0 Å². The second-order valence-electron chi connectivity index (χ2n) is 4.32. The van der Waals surface area contributed by atoms with E-state index in [1.54, 1.807) is 12.1 Å². The zero-order chi connectivity index (χ0) is 12.7. The third-order valence-corrected chi connectivity index (χ3v) is 2.70. The van der Waals surface area contributed by atoms with Crippen LogP contribution >= 0.6 is 12.6 Å². The molecule has 0 heterocycles. The minimum Gasteiger partial charge on any atom is -0.352 e. The predicted octanol–water partition coefficient (Wildman–Crippen LogP) is 2.05. The van der Waals surface area contributed by atoms with Gasteiger partial charge < -0.3 is 10.2 Å². The first-order valence-electron chi connectivity index (χ1n) is 5.81. The maximum absolute atomic E-state index is 11.7. The normalized spacial score (nSPS) is 10.6. The van der Waals surface area contributed by atoms with Crippen molar-refractivity contribution in [2.45, 2.75) is 17.7 Å². The van der Waals surface area contributed by atoms with Gasteiger partial charge in [0.15, 0.2) is 0 Å². The van der Waals surface area contributed by atoms with Gasteiger partial charge in [0.25, 0.3) is 5.91 Å². The van der Waals surface area contributed by atoms with Crippen molar-refractivity contribution in [3.8, 4) is 0 Å². The van der Waals surface area contributed by atoms with Gasteiger partial charge in [-0.2, -0.15) is 0 Å². The van der Waals surface area contributed by atoms with E-state index in [1.165, 1.54) is 0 Å². The smallest absolute Gasteiger partial charge is 0.251 e. The van der Waals surface area contributed by atoms with Gasteiger partial charge in [0.2, 0.25) is 0 Å². The molecule has 0 atom stereocenters. The standard InChI is InChI=1S/C13H20N2OS/c1-15(2)9-4-3-8-14-13(16)11-6-5-7-12(17)10-11/h5-7,10,17H,3-4,8-9H2,1-2H3,(H,14,16). The van der Waals surface area contributed by atoms with Gasteiger partial charge in [-0.25, -0.2) is 0 Å². The van der Waals surface area contributed by atoms with Crippen molar-refractivity contribution in [2.75, 3.05) is 27.2 Å². The van der Waals surface area contributed by atoms with Crippen LogP contribution in [0.1, 0.15) is 23.2 Å². The Morgan fingerprint density at radius 2 is 2.12 bits per heavy atom. The number of hydrogen-bond acceptors (Lipinski definition) is 3. The molecule has 0 radical (unpaired) electrons. The molecule has 94 valence electrons. The molecule has 1 aromatic rings. The second-order valence-corrected chi connectivity index (χ2v) is 4.83. The number of hydrogen-bond donors (Lipinski definition) is 2. The summed E-state index contributed by atoms with van der Waals surface area (Å²) in [7, 11) is 4.10. The number of carbonyl (C=O) groups is 1. The molecular formula is C13H20N2OS.